The number of hydrogen-bond donors (Lipinski definition) is 0. The Morgan fingerprint density at radius 3 is 2.86 bits per heavy atom. The summed E-state index contributed by atoms with van der Waals surface area (Å²) in [6.07, 6.45) is 1.77. The SMILES string of the molecule is Cc1cc(Br)cc2c1C(=O)N(c1cccc3cccnc13)C2. The normalized spacial score (nSPS) is 13.7. The van der Waals surface area contributed by atoms with Crippen LogP contribution in [-0.4, -0.2) is 10.9 Å². The number of halogens is 1. The second-order valence-corrected chi connectivity index (χ2v) is 6.42. The van der Waals surface area contributed by atoms with Crippen LogP contribution in [0.3, 0.4) is 0 Å². The number of carbonyl (C=O) groups is 1. The molecule has 0 unspecified atom stereocenters. The standard InChI is InChI=1S/C18H13BrN2O/c1-11-8-14(19)9-13-10-21(18(22)16(11)13)15-6-2-4-12-5-3-7-20-17(12)15/h2-9H,10H2,1H3. The van der Waals surface area contributed by atoms with Crippen molar-refractivity contribution in [2.45, 2.75) is 13.5 Å². The average molecular weight is 353 g/mol. The van der Waals surface area contributed by atoms with Gasteiger partial charge in [-0.3, -0.25) is 9.78 Å². The van der Waals surface area contributed by atoms with Crippen molar-refractivity contribution in [3.05, 3.63) is 69.8 Å². The molecule has 2 aromatic carbocycles. The number of pyridine rings is 1. The van der Waals surface area contributed by atoms with Gasteiger partial charge in [-0.15, -0.1) is 0 Å². The second kappa shape index (κ2) is 4.92. The number of nitrogens with zero attached hydrogens (tertiary/aromatic N) is 2. The maximum Gasteiger partial charge on any atom is 0.259 e. The van der Waals surface area contributed by atoms with Crippen molar-refractivity contribution in [1.82, 2.24) is 4.98 Å². The highest BCUT2D eigenvalue weighted by molar-refractivity contribution is 9.10. The van der Waals surface area contributed by atoms with Crippen molar-refractivity contribution < 1.29 is 4.79 Å². The molecule has 1 aliphatic rings. The molecular weight excluding hydrogens is 340 g/mol. The Bertz CT molecular complexity index is 915. The van der Waals surface area contributed by atoms with Crippen LogP contribution in [0.4, 0.5) is 5.69 Å². The van der Waals surface area contributed by atoms with Gasteiger partial charge in [-0.25, -0.2) is 0 Å². The van der Waals surface area contributed by atoms with Gasteiger partial charge in [-0.2, -0.15) is 0 Å². The van der Waals surface area contributed by atoms with Gasteiger partial charge in [0.25, 0.3) is 5.91 Å². The Morgan fingerprint density at radius 2 is 2.00 bits per heavy atom. The third kappa shape index (κ3) is 1.95. The van der Waals surface area contributed by atoms with Crippen LogP contribution >= 0.6 is 15.9 Å². The predicted octanol–water partition coefficient (Wildman–Crippen LogP) is 4.47. The summed E-state index contributed by atoms with van der Waals surface area (Å²) in [5.74, 6) is 0.0538. The minimum Gasteiger partial charge on any atom is -0.302 e. The summed E-state index contributed by atoms with van der Waals surface area (Å²) < 4.78 is 1.01. The first kappa shape index (κ1) is 13.5. The monoisotopic (exact) mass is 352 g/mol. The Hall–Kier alpha value is -2.20. The van der Waals surface area contributed by atoms with E-state index in [-0.39, 0.29) is 5.91 Å². The van der Waals surface area contributed by atoms with E-state index in [1.54, 1.807) is 6.20 Å². The number of aryl methyl sites for hydroxylation is 1. The van der Waals surface area contributed by atoms with Gasteiger partial charge in [0.2, 0.25) is 0 Å². The lowest BCUT2D eigenvalue weighted by molar-refractivity contribution is 0.0996. The highest BCUT2D eigenvalue weighted by Gasteiger charge is 2.31. The molecule has 0 saturated carbocycles. The van der Waals surface area contributed by atoms with Crippen molar-refractivity contribution in [3.63, 3.8) is 0 Å². The number of carbonyl (C=O) groups excluding carboxylic acids is 1. The van der Waals surface area contributed by atoms with E-state index >= 15 is 0 Å². The van der Waals surface area contributed by atoms with E-state index in [0.717, 1.165) is 37.8 Å². The van der Waals surface area contributed by atoms with Gasteiger partial charge in [0.15, 0.2) is 0 Å². The van der Waals surface area contributed by atoms with Crippen molar-refractivity contribution in [2.24, 2.45) is 0 Å². The minimum atomic E-state index is 0.0538. The molecule has 0 saturated heterocycles. The van der Waals surface area contributed by atoms with Crippen molar-refractivity contribution in [3.8, 4) is 0 Å². The van der Waals surface area contributed by atoms with Crippen LogP contribution in [0.15, 0.2) is 53.1 Å². The van der Waals surface area contributed by atoms with Gasteiger partial charge in [-0.05, 0) is 42.3 Å². The highest BCUT2D eigenvalue weighted by atomic mass is 79.9. The number of aromatic nitrogens is 1. The maximum atomic E-state index is 12.9. The number of rotatable bonds is 1. The van der Waals surface area contributed by atoms with Crippen LogP contribution < -0.4 is 4.90 Å². The summed E-state index contributed by atoms with van der Waals surface area (Å²) in [4.78, 5) is 19.1. The molecule has 3 aromatic rings. The lowest BCUT2D eigenvalue weighted by Crippen LogP contribution is -2.23. The van der Waals surface area contributed by atoms with E-state index in [1.807, 2.05) is 54.3 Å². The molecule has 1 amide bonds. The maximum absolute atomic E-state index is 12.9. The molecule has 0 spiro atoms. The highest BCUT2D eigenvalue weighted by Crippen LogP contribution is 2.35. The van der Waals surface area contributed by atoms with Gasteiger partial charge < -0.3 is 4.90 Å². The minimum absolute atomic E-state index is 0.0538. The predicted molar refractivity (Wildman–Crippen MR) is 91.1 cm³/mol. The van der Waals surface area contributed by atoms with Crippen molar-refractivity contribution in [1.29, 1.82) is 0 Å². The van der Waals surface area contributed by atoms with Gasteiger partial charge in [0.1, 0.15) is 0 Å². The molecule has 22 heavy (non-hydrogen) atoms. The lowest BCUT2D eigenvalue weighted by atomic mass is 10.0. The van der Waals surface area contributed by atoms with Crippen LogP contribution in [0.25, 0.3) is 10.9 Å². The Morgan fingerprint density at radius 1 is 1.18 bits per heavy atom. The molecule has 1 aliphatic heterocycles. The number of para-hydroxylation sites is 1. The molecule has 2 heterocycles. The van der Waals surface area contributed by atoms with E-state index in [9.17, 15) is 4.79 Å². The largest absolute Gasteiger partial charge is 0.302 e. The topological polar surface area (TPSA) is 33.2 Å². The van der Waals surface area contributed by atoms with Crippen molar-refractivity contribution in [2.75, 3.05) is 4.90 Å². The number of hydrogen-bond acceptors (Lipinski definition) is 2. The quantitative estimate of drug-likeness (QED) is 0.647. The van der Waals surface area contributed by atoms with Gasteiger partial charge >= 0.3 is 0 Å². The molecule has 3 nitrogen and oxygen atoms in total. The Labute approximate surface area is 136 Å². The molecule has 108 valence electrons. The first-order valence-electron chi connectivity index (χ1n) is 7.10. The lowest BCUT2D eigenvalue weighted by Gasteiger charge is -2.17. The molecule has 0 radical (unpaired) electrons. The zero-order valence-corrected chi connectivity index (χ0v) is 13.6. The van der Waals surface area contributed by atoms with E-state index in [1.165, 1.54) is 0 Å². The van der Waals surface area contributed by atoms with Gasteiger partial charge in [-0.1, -0.05) is 34.1 Å². The van der Waals surface area contributed by atoms with Crippen LogP contribution in [0.5, 0.6) is 0 Å². The molecule has 0 N–H and O–H groups in total. The summed E-state index contributed by atoms with van der Waals surface area (Å²) in [5.41, 5.74) is 4.61. The molecule has 0 atom stereocenters. The number of anilines is 1. The number of amides is 1. The van der Waals surface area contributed by atoms with Crippen LogP contribution in [0.2, 0.25) is 0 Å². The summed E-state index contributed by atoms with van der Waals surface area (Å²) in [5, 5.41) is 1.04. The molecule has 1 aromatic heterocycles. The van der Waals surface area contributed by atoms with E-state index in [2.05, 4.69) is 20.9 Å². The third-order valence-electron chi connectivity index (χ3n) is 4.07. The number of benzene rings is 2. The fraction of sp³-hybridized carbons (Fsp3) is 0.111. The fourth-order valence-electron chi connectivity index (χ4n) is 3.12. The van der Waals surface area contributed by atoms with E-state index in [0.29, 0.717) is 6.54 Å². The summed E-state index contributed by atoms with van der Waals surface area (Å²) in [6, 6.07) is 13.9. The average Bonchev–Trinajstić information content (AvgIpc) is 2.83. The summed E-state index contributed by atoms with van der Waals surface area (Å²) >= 11 is 3.51. The van der Waals surface area contributed by atoms with E-state index < -0.39 is 0 Å². The summed E-state index contributed by atoms with van der Waals surface area (Å²) in [6.45, 7) is 2.57. The second-order valence-electron chi connectivity index (χ2n) is 5.50. The van der Waals surface area contributed by atoms with Gasteiger partial charge in [0.05, 0.1) is 17.7 Å². The zero-order chi connectivity index (χ0) is 15.3. The first-order valence-corrected chi connectivity index (χ1v) is 7.89. The van der Waals surface area contributed by atoms with Crippen LogP contribution in [-0.2, 0) is 6.54 Å². The Kier molecular flexibility index (Phi) is 3.01. The molecule has 4 heteroatoms. The van der Waals surface area contributed by atoms with Crippen LogP contribution in [0.1, 0.15) is 21.5 Å². The molecule has 0 aliphatic carbocycles. The van der Waals surface area contributed by atoms with Gasteiger partial charge in [0, 0.05) is 21.6 Å². The smallest absolute Gasteiger partial charge is 0.259 e. The Balaban J connectivity index is 1.88. The zero-order valence-electron chi connectivity index (χ0n) is 12.0. The first-order chi connectivity index (χ1) is 10.6. The third-order valence-corrected chi connectivity index (χ3v) is 4.53. The molecular formula is C18H13BrN2O. The summed E-state index contributed by atoms with van der Waals surface area (Å²) in [7, 11) is 0. The number of fused-ring (bicyclic) bond motifs is 2. The molecule has 0 bridgehead atoms. The fourth-order valence-corrected chi connectivity index (χ4v) is 3.74. The van der Waals surface area contributed by atoms with Crippen molar-refractivity contribution >= 4 is 38.4 Å². The van der Waals surface area contributed by atoms with E-state index in [4.69, 9.17) is 0 Å². The molecule has 0 fully saturated rings. The van der Waals surface area contributed by atoms with Crippen LogP contribution in [0, 0.1) is 6.92 Å². The molecule has 4 rings (SSSR count).